The lowest BCUT2D eigenvalue weighted by Crippen LogP contribution is -2.31. The lowest BCUT2D eigenvalue weighted by molar-refractivity contribution is 0.0275. The quantitative estimate of drug-likeness (QED) is 0.826. The highest BCUT2D eigenvalue weighted by Crippen LogP contribution is 2.22. The van der Waals surface area contributed by atoms with E-state index in [0.29, 0.717) is 12.2 Å². The van der Waals surface area contributed by atoms with Gasteiger partial charge in [0.25, 0.3) is 0 Å². The largest absolute Gasteiger partial charge is 0.496 e. The number of para-hydroxylation sites is 1. The third-order valence-electron chi connectivity index (χ3n) is 3.78. The number of likely N-dealkylation sites (N-methyl/N-ethyl adjacent to an activating group) is 2. The molecule has 0 amide bonds. The molecule has 2 unspecified atom stereocenters. The second-order valence-corrected chi connectivity index (χ2v) is 5.52. The first-order valence-electron chi connectivity index (χ1n) is 7.33. The van der Waals surface area contributed by atoms with Gasteiger partial charge in [-0.2, -0.15) is 0 Å². The van der Waals surface area contributed by atoms with Crippen molar-refractivity contribution in [1.29, 1.82) is 0 Å². The van der Waals surface area contributed by atoms with Gasteiger partial charge in [-0.25, -0.2) is 0 Å². The zero-order chi connectivity index (χ0) is 14.4. The van der Waals surface area contributed by atoms with Crippen molar-refractivity contribution in [1.82, 2.24) is 10.2 Å². The fourth-order valence-electron chi connectivity index (χ4n) is 2.83. The minimum absolute atomic E-state index is 0.355. The molecule has 1 aromatic rings. The number of rotatable bonds is 7. The van der Waals surface area contributed by atoms with E-state index in [0.717, 1.165) is 38.2 Å². The maximum Gasteiger partial charge on any atom is 0.123 e. The van der Waals surface area contributed by atoms with Gasteiger partial charge in [-0.3, -0.25) is 4.90 Å². The first kappa shape index (κ1) is 15.3. The van der Waals surface area contributed by atoms with Crippen LogP contribution in [0.4, 0.5) is 0 Å². The van der Waals surface area contributed by atoms with E-state index in [1.165, 1.54) is 5.56 Å². The number of methoxy groups -OCH3 is 1. The second-order valence-electron chi connectivity index (χ2n) is 5.52. The van der Waals surface area contributed by atoms with Crippen molar-refractivity contribution in [2.24, 2.45) is 0 Å². The van der Waals surface area contributed by atoms with E-state index in [9.17, 15) is 0 Å². The Morgan fingerprint density at radius 2 is 2.05 bits per heavy atom. The molecule has 1 aliphatic rings. The number of ether oxygens (including phenoxy) is 2. The molecule has 2 atom stereocenters. The minimum atomic E-state index is 0.355. The fourth-order valence-corrected chi connectivity index (χ4v) is 2.83. The molecule has 20 heavy (non-hydrogen) atoms. The van der Waals surface area contributed by atoms with Gasteiger partial charge in [0.2, 0.25) is 0 Å². The molecule has 2 rings (SSSR count). The van der Waals surface area contributed by atoms with Gasteiger partial charge >= 0.3 is 0 Å². The minimum Gasteiger partial charge on any atom is -0.496 e. The maximum atomic E-state index is 6.03. The zero-order valence-electron chi connectivity index (χ0n) is 12.8. The van der Waals surface area contributed by atoms with Crippen molar-refractivity contribution >= 4 is 0 Å². The first-order chi connectivity index (χ1) is 9.72. The Balaban J connectivity index is 1.82. The normalized spacial score (nSPS) is 22.4. The van der Waals surface area contributed by atoms with Crippen LogP contribution in [-0.2, 0) is 11.3 Å². The van der Waals surface area contributed by atoms with Crippen LogP contribution in [0, 0.1) is 0 Å². The molecule has 4 nitrogen and oxygen atoms in total. The average molecular weight is 278 g/mol. The van der Waals surface area contributed by atoms with Crippen LogP contribution in [0.2, 0.25) is 0 Å². The van der Waals surface area contributed by atoms with Crippen LogP contribution < -0.4 is 10.1 Å². The van der Waals surface area contributed by atoms with E-state index in [2.05, 4.69) is 29.4 Å². The molecule has 0 radical (unpaired) electrons. The van der Waals surface area contributed by atoms with Crippen LogP contribution in [0.3, 0.4) is 0 Å². The summed E-state index contributed by atoms with van der Waals surface area (Å²) in [6, 6.07) is 8.19. The fraction of sp³-hybridized carbons (Fsp3) is 0.625. The average Bonchev–Trinajstić information content (AvgIpc) is 2.87. The van der Waals surface area contributed by atoms with Gasteiger partial charge in [0.15, 0.2) is 0 Å². The third-order valence-corrected chi connectivity index (χ3v) is 3.78. The van der Waals surface area contributed by atoms with Crippen molar-refractivity contribution < 1.29 is 9.47 Å². The van der Waals surface area contributed by atoms with Gasteiger partial charge in [-0.05, 0) is 33.0 Å². The van der Waals surface area contributed by atoms with E-state index in [-0.39, 0.29) is 0 Å². The summed E-state index contributed by atoms with van der Waals surface area (Å²) in [5, 5.41) is 3.18. The van der Waals surface area contributed by atoms with Crippen molar-refractivity contribution in [2.45, 2.75) is 31.6 Å². The highest BCUT2D eigenvalue weighted by molar-refractivity contribution is 5.32. The number of benzene rings is 1. The lowest BCUT2D eigenvalue weighted by atomic mass is 10.1. The molecule has 1 fully saturated rings. The molecule has 4 heteroatoms. The summed E-state index contributed by atoms with van der Waals surface area (Å²) in [6.45, 7) is 2.81. The Labute approximate surface area is 122 Å². The summed E-state index contributed by atoms with van der Waals surface area (Å²) in [5.74, 6) is 0.958. The van der Waals surface area contributed by atoms with E-state index in [4.69, 9.17) is 9.47 Å². The summed E-state index contributed by atoms with van der Waals surface area (Å²) in [4.78, 5) is 2.31. The molecule has 1 aromatic carbocycles. The van der Waals surface area contributed by atoms with Gasteiger partial charge in [0, 0.05) is 25.2 Å². The van der Waals surface area contributed by atoms with Crippen LogP contribution in [0.5, 0.6) is 5.75 Å². The van der Waals surface area contributed by atoms with Crippen LogP contribution in [0.25, 0.3) is 0 Å². The van der Waals surface area contributed by atoms with Crippen molar-refractivity contribution in [3.8, 4) is 5.75 Å². The smallest absolute Gasteiger partial charge is 0.123 e. The summed E-state index contributed by atoms with van der Waals surface area (Å²) in [6.07, 6.45) is 3.05. The van der Waals surface area contributed by atoms with Gasteiger partial charge in [-0.15, -0.1) is 0 Å². The lowest BCUT2D eigenvalue weighted by Gasteiger charge is -2.22. The number of nitrogens with zero attached hydrogens (tertiary/aromatic N) is 1. The summed E-state index contributed by atoms with van der Waals surface area (Å²) in [5.41, 5.74) is 1.22. The SMILES string of the molecule is CNCC1CCC(CN(C)Cc2ccccc2OC)O1. The molecule has 0 saturated carbocycles. The molecule has 1 aliphatic heterocycles. The Hall–Kier alpha value is -1.10. The molecule has 112 valence electrons. The van der Waals surface area contributed by atoms with E-state index in [1.54, 1.807) is 7.11 Å². The van der Waals surface area contributed by atoms with Crippen molar-refractivity contribution in [3.63, 3.8) is 0 Å². The molecule has 0 aromatic heterocycles. The summed E-state index contributed by atoms with van der Waals surface area (Å²) in [7, 11) is 5.84. The Kier molecular flexibility index (Phi) is 5.83. The van der Waals surface area contributed by atoms with E-state index in [1.807, 2.05) is 19.2 Å². The molecule has 1 saturated heterocycles. The molecule has 0 bridgehead atoms. The molecule has 1 heterocycles. The van der Waals surface area contributed by atoms with Gasteiger partial charge in [0.05, 0.1) is 19.3 Å². The second kappa shape index (κ2) is 7.62. The number of nitrogens with one attached hydrogen (secondary N) is 1. The van der Waals surface area contributed by atoms with Gasteiger partial charge in [-0.1, -0.05) is 18.2 Å². The van der Waals surface area contributed by atoms with E-state index < -0.39 is 0 Å². The molecule has 0 aliphatic carbocycles. The number of hydrogen-bond acceptors (Lipinski definition) is 4. The van der Waals surface area contributed by atoms with E-state index >= 15 is 0 Å². The van der Waals surface area contributed by atoms with Crippen LogP contribution >= 0.6 is 0 Å². The van der Waals surface area contributed by atoms with Crippen molar-refractivity contribution in [3.05, 3.63) is 29.8 Å². The van der Waals surface area contributed by atoms with Gasteiger partial charge < -0.3 is 14.8 Å². The maximum absolute atomic E-state index is 6.03. The predicted octanol–water partition coefficient (Wildman–Crippen LogP) is 1.89. The van der Waals surface area contributed by atoms with Crippen LogP contribution in [-0.4, -0.2) is 51.4 Å². The van der Waals surface area contributed by atoms with Crippen molar-refractivity contribution in [2.75, 3.05) is 34.3 Å². The molecule has 1 N–H and O–H groups in total. The topological polar surface area (TPSA) is 33.7 Å². The Bertz CT molecular complexity index is 411. The summed E-state index contributed by atoms with van der Waals surface area (Å²) >= 11 is 0. The highest BCUT2D eigenvalue weighted by atomic mass is 16.5. The third kappa shape index (κ3) is 4.20. The molecular weight excluding hydrogens is 252 g/mol. The Morgan fingerprint density at radius 3 is 2.80 bits per heavy atom. The monoisotopic (exact) mass is 278 g/mol. The van der Waals surface area contributed by atoms with Crippen LogP contribution in [0.15, 0.2) is 24.3 Å². The molecule has 0 spiro atoms. The predicted molar refractivity (Wildman–Crippen MR) is 81.1 cm³/mol. The standard InChI is InChI=1S/C16H26N2O2/c1-17-10-14-8-9-15(20-14)12-18(2)11-13-6-4-5-7-16(13)19-3/h4-7,14-15,17H,8-12H2,1-3H3. The van der Waals surface area contributed by atoms with Gasteiger partial charge in [0.1, 0.15) is 5.75 Å². The zero-order valence-corrected chi connectivity index (χ0v) is 12.8. The number of hydrogen-bond donors (Lipinski definition) is 1. The Morgan fingerprint density at radius 1 is 1.30 bits per heavy atom. The molecular formula is C16H26N2O2. The highest BCUT2D eigenvalue weighted by Gasteiger charge is 2.25. The summed E-state index contributed by atoms with van der Waals surface area (Å²) < 4.78 is 11.4. The van der Waals surface area contributed by atoms with Crippen LogP contribution in [0.1, 0.15) is 18.4 Å². The first-order valence-corrected chi connectivity index (χ1v) is 7.33.